The Hall–Kier alpha value is -11.7. The van der Waals surface area contributed by atoms with E-state index < -0.39 is 66.3 Å². The average Bonchev–Trinajstić information content (AvgIpc) is 1.72. The first-order chi connectivity index (χ1) is 48.4. The molecule has 0 bridgehead atoms. The highest BCUT2D eigenvalue weighted by atomic mass is 16.8. The van der Waals surface area contributed by atoms with Gasteiger partial charge in [-0.1, -0.05) is 206 Å². The first-order valence-electron chi connectivity index (χ1n) is 32.5. The van der Waals surface area contributed by atoms with Crippen LogP contribution in [0.5, 0.6) is 40.2 Å². The quantitative estimate of drug-likeness (QED) is 0.0412. The molecule has 0 radical (unpaired) electrons. The predicted octanol–water partition coefficient (Wildman–Crippen LogP) is 16.0. The van der Waals surface area contributed by atoms with Crippen LogP contribution < -0.4 is 38.6 Å². The van der Waals surface area contributed by atoms with Crippen LogP contribution in [0.3, 0.4) is 0 Å². The zero-order valence-electron chi connectivity index (χ0n) is 54.1. The topological polar surface area (TPSA) is 175 Å². The first-order valence-corrected chi connectivity index (χ1v) is 32.5. The molecular weight excluding hydrogens is 1250 g/mol. The first kappa shape index (κ1) is 64.6. The molecule has 16 nitrogen and oxygen atoms in total. The van der Waals surface area contributed by atoms with Crippen molar-refractivity contribution in [2.24, 2.45) is 0 Å². The highest BCUT2D eigenvalue weighted by Gasteiger charge is 2.58. The van der Waals surface area contributed by atoms with E-state index in [0.717, 1.165) is 33.4 Å². The summed E-state index contributed by atoms with van der Waals surface area (Å²) in [7, 11) is 0. The van der Waals surface area contributed by atoms with Gasteiger partial charge in [0, 0.05) is 41.0 Å². The summed E-state index contributed by atoms with van der Waals surface area (Å²) < 4.78 is 85.3. The van der Waals surface area contributed by atoms with Crippen molar-refractivity contribution in [3.63, 3.8) is 0 Å². The van der Waals surface area contributed by atoms with Gasteiger partial charge in [-0.25, -0.2) is 9.59 Å². The molecule has 5 atom stereocenters. The maximum atomic E-state index is 16.2. The molecule has 0 aliphatic carbocycles. The number of hydrogen-bond donors (Lipinski definition) is 0. The third kappa shape index (κ3) is 15.3. The van der Waals surface area contributed by atoms with Gasteiger partial charge in [0.15, 0.2) is 29.2 Å². The Morgan fingerprint density at radius 2 is 0.960 bits per heavy atom. The number of carbonyl (C=O) groups excluding carboxylic acids is 2. The summed E-state index contributed by atoms with van der Waals surface area (Å²) in [6, 6.07) is 80.8. The van der Waals surface area contributed by atoms with Gasteiger partial charge in [-0.3, -0.25) is 4.79 Å². The molecule has 3 aliphatic rings. The third-order valence-electron chi connectivity index (χ3n) is 16.8. The molecule has 0 spiro atoms. The fourth-order valence-electron chi connectivity index (χ4n) is 11.9. The van der Waals surface area contributed by atoms with Crippen LogP contribution in [-0.2, 0) is 65.5 Å². The van der Waals surface area contributed by atoms with Crippen molar-refractivity contribution >= 4 is 35.1 Å². The number of fused-ring (bicyclic) bond motifs is 3. The molecule has 496 valence electrons. The summed E-state index contributed by atoms with van der Waals surface area (Å²) in [5, 5.41) is -0.0143. The molecular formula is C83H68O16. The summed E-state index contributed by atoms with van der Waals surface area (Å²) >= 11 is 0. The van der Waals surface area contributed by atoms with Crippen LogP contribution in [0.25, 0.3) is 34.4 Å². The highest BCUT2D eigenvalue weighted by molar-refractivity contribution is 5.90. The molecule has 0 saturated carbocycles. The van der Waals surface area contributed by atoms with Gasteiger partial charge in [0.2, 0.25) is 17.5 Å². The largest absolute Gasteiger partial charge is 0.489 e. The normalized spacial score (nSPS) is 17.9. The van der Waals surface area contributed by atoms with Crippen LogP contribution in [0.1, 0.15) is 58.4 Å². The summed E-state index contributed by atoms with van der Waals surface area (Å²) in [5.41, 5.74) is 6.25. The minimum Gasteiger partial charge on any atom is -0.489 e. The third-order valence-corrected chi connectivity index (χ3v) is 16.8. The Morgan fingerprint density at radius 1 is 0.485 bits per heavy atom. The van der Waals surface area contributed by atoms with E-state index in [1.165, 1.54) is 12.2 Å². The van der Waals surface area contributed by atoms with Crippen molar-refractivity contribution in [1.82, 2.24) is 0 Å². The molecule has 2 saturated heterocycles. The average molecular weight is 1320 g/mol. The molecule has 11 aromatic rings. The second-order valence-corrected chi connectivity index (χ2v) is 24.3. The van der Waals surface area contributed by atoms with E-state index in [1.807, 2.05) is 218 Å². The number of hydrogen-bond acceptors (Lipinski definition) is 16. The van der Waals surface area contributed by atoms with Gasteiger partial charge in [0.05, 0.1) is 0 Å². The van der Waals surface area contributed by atoms with Crippen LogP contribution >= 0.6 is 0 Å². The minimum atomic E-state index is -1.71. The van der Waals surface area contributed by atoms with E-state index in [0.29, 0.717) is 58.7 Å². The SMILES string of the molecule is CC1(C)O[C@H]2[C@@H](O1)[C@@H](COC(=O)/C=C/c1ccc(OCc3ccccc3)cc1)O[C@@H](Oc1c(-c3ccc4c(c3)OC(c3ccccc3)(c3ccccc3)O4)oc3cc(OCc4ccccc4)cc(OCc4ccccc4)c3c1=O)[C@@H]2OC(=O)/C=C/c1ccc(OCc2ccccc2)cc1. The summed E-state index contributed by atoms with van der Waals surface area (Å²) in [6.07, 6.45) is -0.763. The zero-order chi connectivity index (χ0) is 67.6. The Bertz CT molecular complexity index is 4660. The predicted molar refractivity (Wildman–Crippen MR) is 371 cm³/mol. The van der Waals surface area contributed by atoms with Gasteiger partial charge in [0.1, 0.15) is 85.3 Å². The standard InChI is InChI=1S/C83H68O16/c1-82(2)98-77-71(54-91-72(84)45-37-55-33-40-64(41-34-55)87-50-57-21-9-3-10-22-57)93-81(80(79(77)99-82)94-73(85)46-38-56-35-42-65(43-36-56)88-51-58-23-11-4-12-24-58)95-78-75(86)74-69(90-53-60-27-15-6-16-28-60)48-66(89-52-59-25-13-5-14-26-59)49-70(74)92-76(78)61-39-44-67-68(47-61)97-83(96-67,62-29-17-7-18-30-62)63-31-19-8-20-32-63/h3-49,71,77,79-81H,50-54H2,1-2H3/b45-37+,46-38+/t71-,77+,79+,80-,81+/m1/s1. The molecule has 4 heterocycles. The van der Waals surface area contributed by atoms with Gasteiger partial charge in [-0.15, -0.1) is 0 Å². The van der Waals surface area contributed by atoms with Gasteiger partial charge >= 0.3 is 17.7 Å². The summed E-state index contributed by atoms with van der Waals surface area (Å²) in [6.45, 7) is 3.99. The fraction of sp³-hybridized carbons (Fsp3) is 0.169. The molecule has 3 aliphatic heterocycles. The Kier molecular flexibility index (Phi) is 19.2. The molecule has 0 unspecified atom stereocenters. The van der Waals surface area contributed by atoms with E-state index in [2.05, 4.69) is 0 Å². The molecule has 0 amide bonds. The monoisotopic (exact) mass is 1320 g/mol. The van der Waals surface area contributed by atoms with Crippen LogP contribution in [0.15, 0.2) is 282 Å². The van der Waals surface area contributed by atoms with E-state index in [1.54, 1.807) is 68.5 Å². The van der Waals surface area contributed by atoms with E-state index in [4.69, 9.17) is 61.3 Å². The van der Waals surface area contributed by atoms with Crippen LogP contribution in [0.2, 0.25) is 0 Å². The maximum absolute atomic E-state index is 16.2. The lowest BCUT2D eigenvalue weighted by atomic mass is 9.97. The summed E-state index contributed by atoms with van der Waals surface area (Å²) in [4.78, 5) is 44.5. The fourth-order valence-corrected chi connectivity index (χ4v) is 11.9. The van der Waals surface area contributed by atoms with Crippen molar-refractivity contribution in [3.05, 3.63) is 328 Å². The Morgan fingerprint density at radius 3 is 1.49 bits per heavy atom. The highest BCUT2D eigenvalue weighted by Crippen LogP contribution is 2.50. The van der Waals surface area contributed by atoms with Crippen molar-refractivity contribution in [2.45, 2.75) is 82.6 Å². The molecule has 99 heavy (non-hydrogen) atoms. The summed E-state index contributed by atoms with van der Waals surface area (Å²) in [5.74, 6) is -2.29. The molecule has 10 aromatic carbocycles. The second kappa shape index (κ2) is 29.3. The molecule has 14 rings (SSSR count). The lowest BCUT2D eigenvalue weighted by molar-refractivity contribution is -0.261. The van der Waals surface area contributed by atoms with Crippen molar-refractivity contribution in [3.8, 4) is 51.6 Å². The molecule has 0 N–H and O–H groups in total. The smallest absolute Gasteiger partial charge is 0.331 e. The lowest BCUT2D eigenvalue weighted by Gasteiger charge is -2.40. The number of carbonyl (C=O) groups is 2. The number of benzene rings is 10. The van der Waals surface area contributed by atoms with Crippen molar-refractivity contribution in [1.29, 1.82) is 0 Å². The van der Waals surface area contributed by atoms with Gasteiger partial charge < -0.3 is 61.3 Å². The molecule has 1 aromatic heterocycles. The van der Waals surface area contributed by atoms with Crippen LogP contribution in [-0.4, -0.2) is 55.0 Å². The number of rotatable bonds is 24. The van der Waals surface area contributed by atoms with E-state index in [9.17, 15) is 9.59 Å². The zero-order valence-corrected chi connectivity index (χ0v) is 54.1. The Labute approximate surface area is 571 Å². The van der Waals surface area contributed by atoms with Gasteiger partial charge in [-0.2, -0.15) is 0 Å². The van der Waals surface area contributed by atoms with E-state index >= 15 is 4.79 Å². The van der Waals surface area contributed by atoms with Crippen molar-refractivity contribution in [2.75, 3.05) is 6.61 Å². The lowest BCUT2D eigenvalue weighted by Crippen LogP contribution is -2.60. The molecule has 16 heteroatoms. The molecule has 2 fully saturated rings. The van der Waals surface area contributed by atoms with Crippen LogP contribution in [0.4, 0.5) is 0 Å². The van der Waals surface area contributed by atoms with Crippen LogP contribution in [0, 0.1) is 0 Å². The Balaban J connectivity index is 0.834. The van der Waals surface area contributed by atoms with E-state index in [-0.39, 0.29) is 41.4 Å². The number of esters is 2. The minimum absolute atomic E-state index is 0.0143. The van der Waals surface area contributed by atoms with Gasteiger partial charge in [0.25, 0.3) is 0 Å². The second-order valence-electron chi connectivity index (χ2n) is 24.3. The maximum Gasteiger partial charge on any atom is 0.331 e. The van der Waals surface area contributed by atoms with Gasteiger partial charge in [-0.05, 0) is 102 Å². The number of ether oxygens (including phenoxy) is 12. The van der Waals surface area contributed by atoms with Crippen molar-refractivity contribution < 1.29 is 70.8 Å².